The lowest BCUT2D eigenvalue weighted by Gasteiger charge is -2.31. The molecule has 2 aromatic rings. The summed E-state index contributed by atoms with van der Waals surface area (Å²) in [6.45, 7) is 7.09. The fourth-order valence-electron chi connectivity index (χ4n) is 3.14. The highest BCUT2D eigenvalue weighted by Gasteiger charge is 2.21. The molecular weight excluding hydrogens is 348 g/mol. The number of carbonyl (C=O) groups is 1. The standard InChI is InChI=1S/C20H26N2O3S/c1-3-24-19(23)17-4-6-18(7-5-17)25-13-10-16-8-11-22(12-9-16)20-21-15(2)14-26-20/h4-7,14,16H,3,8-13H2,1-2H3. The first-order valence-electron chi connectivity index (χ1n) is 9.22. The van der Waals surface area contributed by atoms with Crippen LogP contribution in [0.1, 0.15) is 42.2 Å². The van der Waals surface area contributed by atoms with Crippen LogP contribution in [0, 0.1) is 12.8 Å². The van der Waals surface area contributed by atoms with E-state index in [1.165, 1.54) is 12.8 Å². The van der Waals surface area contributed by atoms with Crippen molar-refractivity contribution >= 4 is 22.4 Å². The van der Waals surface area contributed by atoms with Gasteiger partial charge >= 0.3 is 5.97 Å². The summed E-state index contributed by atoms with van der Waals surface area (Å²) in [5, 5.41) is 3.27. The van der Waals surface area contributed by atoms with Crippen LogP contribution < -0.4 is 9.64 Å². The minimum atomic E-state index is -0.291. The van der Waals surface area contributed by atoms with Crippen LogP contribution in [0.25, 0.3) is 0 Å². The Morgan fingerprint density at radius 3 is 2.62 bits per heavy atom. The van der Waals surface area contributed by atoms with Crippen molar-refractivity contribution in [1.29, 1.82) is 0 Å². The molecule has 0 atom stereocenters. The van der Waals surface area contributed by atoms with Crippen LogP contribution >= 0.6 is 11.3 Å². The van der Waals surface area contributed by atoms with Crippen molar-refractivity contribution in [3.63, 3.8) is 0 Å². The zero-order valence-electron chi connectivity index (χ0n) is 15.4. The van der Waals surface area contributed by atoms with Crippen molar-refractivity contribution in [1.82, 2.24) is 4.98 Å². The average molecular weight is 375 g/mol. The van der Waals surface area contributed by atoms with Crippen LogP contribution in [0.2, 0.25) is 0 Å². The van der Waals surface area contributed by atoms with Crippen molar-refractivity contribution in [3.8, 4) is 5.75 Å². The van der Waals surface area contributed by atoms with E-state index in [1.54, 1.807) is 30.4 Å². The molecule has 5 nitrogen and oxygen atoms in total. The van der Waals surface area contributed by atoms with Gasteiger partial charge in [-0.05, 0) is 63.3 Å². The van der Waals surface area contributed by atoms with Gasteiger partial charge in [-0.1, -0.05) is 0 Å². The van der Waals surface area contributed by atoms with E-state index in [4.69, 9.17) is 9.47 Å². The number of esters is 1. The third-order valence-electron chi connectivity index (χ3n) is 4.65. The first-order chi connectivity index (χ1) is 12.7. The van der Waals surface area contributed by atoms with Gasteiger partial charge in [0.25, 0.3) is 0 Å². The fourth-order valence-corrected chi connectivity index (χ4v) is 4.00. The lowest BCUT2D eigenvalue weighted by atomic mass is 9.94. The number of rotatable bonds is 7. The number of hydrogen-bond acceptors (Lipinski definition) is 6. The van der Waals surface area contributed by atoms with Crippen molar-refractivity contribution in [2.75, 3.05) is 31.2 Å². The number of aromatic nitrogens is 1. The van der Waals surface area contributed by atoms with Gasteiger partial charge in [-0.3, -0.25) is 0 Å². The number of aryl methyl sites for hydroxylation is 1. The molecule has 1 aromatic heterocycles. The molecule has 3 rings (SSSR count). The number of thiazole rings is 1. The summed E-state index contributed by atoms with van der Waals surface area (Å²) in [7, 11) is 0. The van der Waals surface area contributed by atoms with E-state index in [2.05, 4.69) is 15.3 Å². The van der Waals surface area contributed by atoms with E-state index in [-0.39, 0.29) is 5.97 Å². The molecule has 0 bridgehead atoms. The summed E-state index contributed by atoms with van der Waals surface area (Å²) < 4.78 is 10.8. The minimum absolute atomic E-state index is 0.291. The third kappa shape index (κ3) is 4.97. The third-order valence-corrected chi connectivity index (χ3v) is 5.67. The predicted octanol–water partition coefficient (Wildman–Crippen LogP) is 4.31. The van der Waals surface area contributed by atoms with Gasteiger partial charge in [0.2, 0.25) is 0 Å². The second-order valence-corrected chi connectivity index (χ2v) is 7.42. The Morgan fingerprint density at radius 2 is 2.00 bits per heavy atom. The smallest absolute Gasteiger partial charge is 0.338 e. The summed E-state index contributed by atoms with van der Waals surface area (Å²) in [6, 6.07) is 7.17. The van der Waals surface area contributed by atoms with Crippen molar-refractivity contribution < 1.29 is 14.3 Å². The molecular formula is C20H26N2O3S. The van der Waals surface area contributed by atoms with E-state index in [1.807, 2.05) is 19.1 Å². The molecule has 1 fully saturated rings. The van der Waals surface area contributed by atoms with E-state index in [0.29, 0.717) is 24.7 Å². The molecule has 0 radical (unpaired) electrons. The molecule has 0 N–H and O–H groups in total. The second kappa shape index (κ2) is 9.03. The number of benzene rings is 1. The van der Waals surface area contributed by atoms with Crippen molar-refractivity contribution in [2.45, 2.75) is 33.1 Å². The molecule has 1 aromatic carbocycles. The summed E-state index contributed by atoms with van der Waals surface area (Å²) in [6.07, 6.45) is 3.43. The van der Waals surface area contributed by atoms with E-state index in [9.17, 15) is 4.79 Å². The zero-order chi connectivity index (χ0) is 18.4. The number of anilines is 1. The highest BCUT2D eigenvalue weighted by atomic mass is 32.1. The fraction of sp³-hybridized carbons (Fsp3) is 0.500. The van der Waals surface area contributed by atoms with Gasteiger partial charge < -0.3 is 14.4 Å². The summed E-state index contributed by atoms with van der Waals surface area (Å²) >= 11 is 1.74. The molecule has 6 heteroatoms. The zero-order valence-corrected chi connectivity index (χ0v) is 16.3. The highest BCUT2D eigenvalue weighted by molar-refractivity contribution is 7.13. The maximum absolute atomic E-state index is 11.6. The number of piperidine rings is 1. The first kappa shape index (κ1) is 18.7. The predicted molar refractivity (Wildman–Crippen MR) is 104 cm³/mol. The van der Waals surface area contributed by atoms with Gasteiger partial charge in [-0.15, -0.1) is 11.3 Å². The van der Waals surface area contributed by atoms with Gasteiger partial charge in [0.05, 0.1) is 24.5 Å². The lowest BCUT2D eigenvalue weighted by Crippen LogP contribution is -2.34. The van der Waals surface area contributed by atoms with Crippen LogP contribution in [0.3, 0.4) is 0 Å². The molecule has 1 saturated heterocycles. The van der Waals surface area contributed by atoms with Gasteiger partial charge in [0.1, 0.15) is 5.75 Å². The number of nitrogens with zero attached hydrogens (tertiary/aromatic N) is 2. The Kier molecular flexibility index (Phi) is 6.50. The molecule has 0 spiro atoms. The van der Waals surface area contributed by atoms with Gasteiger partial charge in [-0.2, -0.15) is 0 Å². The van der Waals surface area contributed by atoms with Crippen molar-refractivity contribution in [2.24, 2.45) is 5.92 Å². The Morgan fingerprint density at radius 1 is 1.27 bits per heavy atom. The van der Waals surface area contributed by atoms with Crippen LogP contribution in [0.4, 0.5) is 5.13 Å². The van der Waals surface area contributed by atoms with E-state index >= 15 is 0 Å². The minimum Gasteiger partial charge on any atom is -0.494 e. The lowest BCUT2D eigenvalue weighted by molar-refractivity contribution is 0.0526. The van der Waals surface area contributed by atoms with E-state index < -0.39 is 0 Å². The molecule has 140 valence electrons. The first-order valence-corrected chi connectivity index (χ1v) is 10.1. The number of carbonyl (C=O) groups excluding carboxylic acids is 1. The Bertz CT molecular complexity index is 706. The maximum Gasteiger partial charge on any atom is 0.338 e. The number of hydrogen-bond donors (Lipinski definition) is 0. The summed E-state index contributed by atoms with van der Waals surface area (Å²) in [5.74, 6) is 1.21. The molecule has 0 unspecified atom stereocenters. The molecule has 0 amide bonds. The summed E-state index contributed by atoms with van der Waals surface area (Å²) in [5.41, 5.74) is 1.67. The molecule has 0 aliphatic carbocycles. The average Bonchev–Trinajstić information content (AvgIpc) is 3.09. The van der Waals surface area contributed by atoms with Gasteiger partial charge in [0.15, 0.2) is 5.13 Å². The Labute approximate surface area is 159 Å². The monoisotopic (exact) mass is 374 g/mol. The molecule has 1 aliphatic rings. The quantitative estimate of drug-likeness (QED) is 0.676. The molecule has 2 heterocycles. The van der Waals surface area contributed by atoms with E-state index in [0.717, 1.165) is 36.1 Å². The topological polar surface area (TPSA) is 51.7 Å². The van der Waals surface area contributed by atoms with Crippen LogP contribution in [0.15, 0.2) is 29.6 Å². The van der Waals surface area contributed by atoms with Crippen LogP contribution in [-0.4, -0.2) is 37.3 Å². The Hall–Kier alpha value is -2.08. The normalized spacial score (nSPS) is 15.1. The van der Waals surface area contributed by atoms with Crippen LogP contribution in [-0.2, 0) is 4.74 Å². The summed E-state index contributed by atoms with van der Waals surface area (Å²) in [4.78, 5) is 18.6. The second-order valence-electron chi connectivity index (χ2n) is 6.58. The molecule has 1 aliphatic heterocycles. The van der Waals surface area contributed by atoms with Crippen LogP contribution in [0.5, 0.6) is 5.75 Å². The van der Waals surface area contributed by atoms with Crippen molar-refractivity contribution in [3.05, 3.63) is 40.9 Å². The Balaban J connectivity index is 1.38. The molecule has 26 heavy (non-hydrogen) atoms. The highest BCUT2D eigenvalue weighted by Crippen LogP contribution is 2.27. The molecule has 0 saturated carbocycles. The maximum atomic E-state index is 11.6. The number of ether oxygens (including phenoxy) is 2. The van der Waals surface area contributed by atoms with Gasteiger partial charge in [-0.25, -0.2) is 9.78 Å². The van der Waals surface area contributed by atoms with Gasteiger partial charge in [0, 0.05) is 18.5 Å². The largest absolute Gasteiger partial charge is 0.494 e. The SMILES string of the molecule is CCOC(=O)c1ccc(OCCC2CCN(c3nc(C)cs3)CC2)cc1.